The molecule has 0 saturated heterocycles. The molecule has 92 valence electrons. The van der Waals surface area contributed by atoms with Crippen LogP contribution < -0.4 is 5.73 Å². The average molecular weight is 221 g/mol. The second-order valence-corrected chi connectivity index (χ2v) is 4.47. The van der Waals surface area contributed by atoms with Crippen molar-refractivity contribution in [3.05, 3.63) is 36.0 Å². The van der Waals surface area contributed by atoms with E-state index in [0.717, 1.165) is 25.7 Å². The van der Waals surface area contributed by atoms with Gasteiger partial charge in [0.15, 0.2) is 0 Å². The van der Waals surface area contributed by atoms with Gasteiger partial charge in [-0.2, -0.15) is 0 Å². The van der Waals surface area contributed by atoms with Crippen LogP contribution in [0, 0.1) is 0 Å². The summed E-state index contributed by atoms with van der Waals surface area (Å²) in [5, 5.41) is 0. The molecule has 1 atom stereocenters. The molecular weight excluding hydrogens is 194 g/mol. The molecule has 0 aliphatic carbocycles. The zero-order valence-corrected chi connectivity index (χ0v) is 11.1. The summed E-state index contributed by atoms with van der Waals surface area (Å²) in [4.78, 5) is 0. The van der Waals surface area contributed by atoms with E-state index in [2.05, 4.69) is 38.7 Å². The smallest absolute Gasteiger partial charge is 0.00388 e. The highest BCUT2D eigenvalue weighted by Gasteiger charge is 2.00. The minimum Gasteiger partial charge on any atom is -0.328 e. The first-order valence-corrected chi connectivity index (χ1v) is 6.34. The van der Waals surface area contributed by atoms with Gasteiger partial charge in [-0.3, -0.25) is 0 Å². The van der Waals surface area contributed by atoms with Crippen molar-refractivity contribution in [2.24, 2.45) is 5.73 Å². The monoisotopic (exact) mass is 221 g/mol. The fourth-order valence-electron chi connectivity index (χ4n) is 1.54. The Hall–Kier alpha value is -0.820. The Morgan fingerprint density at radius 1 is 1.31 bits per heavy atom. The number of hydrogen-bond acceptors (Lipinski definition) is 1. The molecule has 1 heteroatoms. The molecule has 0 aromatic heterocycles. The second kappa shape index (κ2) is 9.41. The van der Waals surface area contributed by atoms with Crippen molar-refractivity contribution >= 4 is 0 Å². The molecule has 0 bridgehead atoms. The SMILES string of the molecule is C=C(/C=C\C(C)=C/C)CCCC(N)CCC. The maximum atomic E-state index is 5.96. The molecule has 0 fully saturated rings. The summed E-state index contributed by atoms with van der Waals surface area (Å²) in [5.74, 6) is 0. The number of nitrogens with two attached hydrogens (primary N) is 1. The number of allylic oxidation sites excluding steroid dienone is 5. The van der Waals surface area contributed by atoms with Crippen molar-refractivity contribution in [1.29, 1.82) is 0 Å². The van der Waals surface area contributed by atoms with E-state index in [1.54, 1.807) is 0 Å². The van der Waals surface area contributed by atoms with Gasteiger partial charge in [-0.15, -0.1) is 0 Å². The van der Waals surface area contributed by atoms with Gasteiger partial charge in [0.05, 0.1) is 0 Å². The number of hydrogen-bond donors (Lipinski definition) is 1. The number of rotatable bonds is 8. The van der Waals surface area contributed by atoms with Crippen molar-refractivity contribution in [3.63, 3.8) is 0 Å². The molecule has 0 aliphatic rings. The van der Waals surface area contributed by atoms with Crippen LogP contribution in [0.3, 0.4) is 0 Å². The van der Waals surface area contributed by atoms with E-state index in [4.69, 9.17) is 5.73 Å². The van der Waals surface area contributed by atoms with Gasteiger partial charge in [0.2, 0.25) is 0 Å². The molecule has 0 spiro atoms. The topological polar surface area (TPSA) is 26.0 Å². The molecular formula is C15H27N. The largest absolute Gasteiger partial charge is 0.328 e. The Labute approximate surface area is 101 Å². The zero-order chi connectivity index (χ0) is 12.4. The molecule has 2 N–H and O–H groups in total. The van der Waals surface area contributed by atoms with Crippen LogP contribution >= 0.6 is 0 Å². The van der Waals surface area contributed by atoms with Gasteiger partial charge in [0.1, 0.15) is 0 Å². The lowest BCUT2D eigenvalue weighted by atomic mass is 10.0. The third-order valence-electron chi connectivity index (χ3n) is 2.77. The van der Waals surface area contributed by atoms with Crippen LogP contribution in [-0.2, 0) is 0 Å². The van der Waals surface area contributed by atoms with Gasteiger partial charge in [0.25, 0.3) is 0 Å². The standard InChI is InChI=1S/C15H27N/c1-5-8-15(16)10-7-9-14(4)12-11-13(3)6-2/h6,11-12,15H,4-5,7-10,16H2,1-3H3/b12-11-,13-6-. The van der Waals surface area contributed by atoms with Crippen molar-refractivity contribution in [2.75, 3.05) is 0 Å². The molecule has 0 aromatic rings. The first kappa shape index (κ1) is 15.2. The molecule has 0 aliphatic heterocycles. The molecule has 0 saturated carbocycles. The lowest BCUT2D eigenvalue weighted by Crippen LogP contribution is -2.18. The fraction of sp³-hybridized carbons (Fsp3) is 0.600. The summed E-state index contributed by atoms with van der Waals surface area (Å²) in [5.41, 5.74) is 8.44. The normalized spacial score (nSPS) is 14.4. The summed E-state index contributed by atoms with van der Waals surface area (Å²) in [6.45, 7) is 10.4. The highest BCUT2D eigenvalue weighted by Crippen LogP contribution is 2.11. The minimum absolute atomic E-state index is 0.374. The lowest BCUT2D eigenvalue weighted by molar-refractivity contribution is 0.540. The third kappa shape index (κ3) is 8.49. The van der Waals surface area contributed by atoms with Gasteiger partial charge < -0.3 is 5.73 Å². The summed E-state index contributed by atoms with van der Waals surface area (Å²) in [6.07, 6.45) is 12.0. The van der Waals surface area contributed by atoms with Crippen LogP contribution in [0.2, 0.25) is 0 Å². The Kier molecular flexibility index (Phi) is 8.93. The van der Waals surface area contributed by atoms with Crippen LogP contribution in [0.15, 0.2) is 36.0 Å². The fourth-order valence-corrected chi connectivity index (χ4v) is 1.54. The molecule has 0 radical (unpaired) electrons. The molecule has 0 rings (SSSR count). The highest BCUT2D eigenvalue weighted by molar-refractivity contribution is 5.24. The van der Waals surface area contributed by atoms with Crippen molar-refractivity contribution in [2.45, 2.75) is 58.9 Å². The average Bonchev–Trinajstić information content (AvgIpc) is 2.26. The minimum atomic E-state index is 0.374. The second-order valence-electron chi connectivity index (χ2n) is 4.47. The molecule has 16 heavy (non-hydrogen) atoms. The van der Waals surface area contributed by atoms with Crippen LogP contribution in [0.25, 0.3) is 0 Å². The van der Waals surface area contributed by atoms with E-state index < -0.39 is 0 Å². The lowest BCUT2D eigenvalue weighted by Gasteiger charge is -2.09. The van der Waals surface area contributed by atoms with Crippen LogP contribution in [-0.4, -0.2) is 6.04 Å². The molecule has 0 amide bonds. The van der Waals surface area contributed by atoms with Crippen molar-refractivity contribution in [3.8, 4) is 0 Å². The van der Waals surface area contributed by atoms with Gasteiger partial charge in [-0.05, 0) is 39.5 Å². The highest BCUT2D eigenvalue weighted by atomic mass is 14.6. The van der Waals surface area contributed by atoms with E-state index in [1.165, 1.54) is 17.6 Å². The maximum absolute atomic E-state index is 5.96. The van der Waals surface area contributed by atoms with Gasteiger partial charge in [0, 0.05) is 6.04 Å². The van der Waals surface area contributed by atoms with E-state index in [9.17, 15) is 0 Å². The van der Waals surface area contributed by atoms with Crippen LogP contribution in [0.4, 0.5) is 0 Å². The Bertz CT molecular complexity index is 248. The van der Waals surface area contributed by atoms with Crippen LogP contribution in [0.5, 0.6) is 0 Å². The van der Waals surface area contributed by atoms with Gasteiger partial charge in [-0.25, -0.2) is 0 Å². The van der Waals surface area contributed by atoms with Crippen LogP contribution in [0.1, 0.15) is 52.9 Å². The quantitative estimate of drug-likeness (QED) is 0.605. The molecule has 1 nitrogen and oxygen atoms in total. The Balaban J connectivity index is 3.70. The summed E-state index contributed by atoms with van der Waals surface area (Å²) >= 11 is 0. The summed E-state index contributed by atoms with van der Waals surface area (Å²) < 4.78 is 0. The van der Waals surface area contributed by atoms with E-state index >= 15 is 0 Å². The zero-order valence-electron chi connectivity index (χ0n) is 11.1. The molecule has 0 heterocycles. The maximum Gasteiger partial charge on any atom is 0.00388 e. The third-order valence-corrected chi connectivity index (χ3v) is 2.77. The van der Waals surface area contributed by atoms with Gasteiger partial charge >= 0.3 is 0 Å². The Morgan fingerprint density at radius 2 is 2.00 bits per heavy atom. The van der Waals surface area contributed by atoms with E-state index in [1.807, 2.05) is 6.92 Å². The molecule has 0 aromatic carbocycles. The first-order chi connectivity index (χ1) is 7.60. The summed E-state index contributed by atoms with van der Waals surface area (Å²) in [6, 6.07) is 0.374. The first-order valence-electron chi connectivity index (χ1n) is 6.34. The predicted molar refractivity (Wildman–Crippen MR) is 74.4 cm³/mol. The molecule has 1 unspecified atom stereocenters. The summed E-state index contributed by atoms with van der Waals surface area (Å²) in [7, 11) is 0. The van der Waals surface area contributed by atoms with E-state index in [-0.39, 0.29) is 0 Å². The van der Waals surface area contributed by atoms with Crippen molar-refractivity contribution in [1.82, 2.24) is 0 Å². The Morgan fingerprint density at radius 3 is 2.56 bits per heavy atom. The van der Waals surface area contributed by atoms with Gasteiger partial charge in [-0.1, -0.05) is 49.3 Å². The predicted octanol–water partition coefficient (Wildman–Crippen LogP) is 4.36. The van der Waals surface area contributed by atoms with Crippen molar-refractivity contribution < 1.29 is 0 Å². The van der Waals surface area contributed by atoms with E-state index in [0.29, 0.717) is 6.04 Å².